The van der Waals surface area contributed by atoms with Gasteiger partial charge in [-0.05, 0) is 43.7 Å². The fourth-order valence-electron chi connectivity index (χ4n) is 2.64. The Morgan fingerprint density at radius 1 is 1.00 bits per heavy atom. The Morgan fingerprint density at radius 2 is 1.78 bits per heavy atom. The molecule has 0 saturated heterocycles. The largest absolute Gasteiger partial charge is 0.363 e. The minimum atomic E-state index is -0.127. The Kier molecular flexibility index (Phi) is 6.10. The predicted molar refractivity (Wildman–Crippen MR) is 105 cm³/mol. The number of benzene rings is 1. The number of nitrogens with zero attached hydrogens (tertiary/aromatic N) is 4. The fourth-order valence-corrected chi connectivity index (χ4v) is 2.64. The lowest BCUT2D eigenvalue weighted by Crippen LogP contribution is -2.37. The summed E-state index contributed by atoms with van der Waals surface area (Å²) in [6.45, 7) is 5.09. The highest BCUT2D eigenvalue weighted by Gasteiger charge is 2.20. The van der Waals surface area contributed by atoms with Crippen molar-refractivity contribution in [2.75, 3.05) is 5.32 Å². The van der Waals surface area contributed by atoms with Crippen LogP contribution in [0.1, 0.15) is 35.6 Å². The van der Waals surface area contributed by atoms with E-state index in [2.05, 4.69) is 20.5 Å². The van der Waals surface area contributed by atoms with Crippen molar-refractivity contribution in [3.05, 3.63) is 83.8 Å². The van der Waals surface area contributed by atoms with Gasteiger partial charge in [0.2, 0.25) is 0 Å². The van der Waals surface area contributed by atoms with E-state index in [0.717, 1.165) is 11.3 Å². The monoisotopic (exact) mass is 361 g/mol. The smallest absolute Gasteiger partial charge is 0.274 e. The molecular weight excluding hydrogens is 338 g/mol. The molecule has 3 aromatic rings. The first-order valence-corrected chi connectivity index (χ1v) is 8.96. The molecule has 6 nitrogen and oxygen atoms in total. The molecule has 138 valence electrons. The van der Waals surface area contributed by atoms with Gasteiger partial charge in [-0.25, -0.2) is 0 Å². The summed E-state index contributed by atoms with van der Waals surface area (Å²) in [5.74, 6) is 0.481. The van der Waals surface area contributed by atoms with Crippen LogP contribution in [0.25, 0.3) is 0 Å². The molecule has 0 bridgehead atoms. The summed E-state index contributed by atoms with van der Waals surface area (Å²) >= 11 is 0. The minimum absolute atomic E-state index is 0.0569. The first-order chi connectivity index (χ1) is 13.1. The van der Waals surface area contributed by atoms with Gasteiger partial charge in [0.15, 0.2) is 5.69 Å². The molecule has 2 aromatic heterocycles. The number of anilines is 1. The molecule has 0 aliphatic rings. The molecule has 0 saturated carbocycles. The van der Waals surface area contributed by atoms with Crippen LogP contribution in [0.3, 0.4) is 0 Å². The number of hydrogen-bond donors (Lipinski definition) is 1. The van der Waals surface area contributed by atoms with E-state index in [9.17, 15) is 4.79 Å². The Hall–Kier alpha value is -3.28. The fraction of sp³-hybridized carbons (Fsp3) is 0.238. The lowest BCUT2D eigenvalue weighted by molar-refractivity contribution is 0.0683. The third kappa shape index (κ3) is 5.10. The highest BCUT2D eigenvalue weighted by atomic mass is 16.2. The standard InChI is InChI=1S/C21H23N5O/c1-16(2)26(15-17-8-4-3-5-9-17)21(27)19-11-12-20(25-24-19)23-14-18-10-6-7-13-22-18/h3-13,16H,14-15H2,1-2H3,(H,23,25). The number of carbonyl (C=O) groups excluding carboxylic acids is 1. The average Bonchev–Trinajstić information content (AvgIpc) is 2.72. The number of amides is 1. The second kappa shape index (κ2) is 8.89. The molecule has 0 aliphatic heterocycles. The van der Waals surface area contributed by atoms with Gasteiger partial charge in [-0.3, -0.25) is 9.78 Å². The molecule has 3 rings (SSSR count). The maximum Gasteiger partial charge on any atom is 0.274 e. The molecule has 0 radical (unpaired) electrons. The third-order valence-corrected chi connectivity index (χ3v) is 4.14. The SMILES string of the molecule is CC(C)N(Cc1ccccc1)C(=O)c1ccc(NCc2ccccn2)nn1. The van der Waals surface area contributed by atoms with E-state index in [-0.39, 0.29) is 11.9 Å². The topological polar surface area (TPSA) is 71.0 Å². The number of nitrogens with one attached hydrogen (secondary N) is 1. The Morgan fingerprint density at radius 3 is 2.41 bits per heavy atom. The zero-order chi connectivity index (χ0) is 19.1. The van der Waals surface area contributed by atoms with Crippen molar-refractivity contribution in [2.24, 2.45) is 0 Å². The van der Waals surface area contributed by atoms with Crippen molar-refractivity contribution in [3.8, 4) is 0 Å². The van der Waals surface area contributed by atoms with E-state index in [1.807, 2.05) is 62.4 Å². The van der Waals surface area contributed by atoms with Crippen LogP contribution in [0.4, 0.5) is 5.82 Å². The van der Waals surface area contributed by atoms with Gasteiger partial charge in [0.1, 0.15) is 5.82 Å². The highest BCUT2D eigenvalue weighted by molar-refractivity contribution is 5.92. The summed E-state index contributed by atoms with van der Waals surface area (Å²) < 4.78 is 0. The quantitative estimate of drug-likeness (QED) is 0.697. The molecular formula is C21H23N5O. The van der Waals surface area contributed by atoms with E-state index in [4.69, 9.17) is 0 Å². The van der Waals surface area contributed by atoms with E-state index < -0.39 is 0 Å². The Bertz CT molecular complexity index is 851. The Balaban J connectivity index is 1.66. The Labute approximate surface area is 159 Å². The first kappa shape index (κ1) is 18.5. The summed E-state index contributed by atoms with van der Waals surface area (Å²) in [4.78, 5) is 18.9. The second-order valence-electron chi connectivity index (χ2n) is 6.49. The molecule has 1 N–H and O–H groups in total. The minimum Gasteiger partial charge on any atom is -0.363 e. The zero-order valence-electron chi connectivity index (χ0n) is 15.5. The van der Waals surface area contributed by atoms with Gasteiger partial charge in [-0.15, -0.1) is 10.2 Å². The molecule has 2 heterocycles. The van der Waals surface area contributed by atoms with Crippen LogP contribution in [0.15, 0.2) is 66.9 Å². The van der Waals surface area contributed by atoms with Gasteiger partial charge < -0.3 is 10.2 Å². The van der Waals surface area contributed by atoms with E-state index in [1.165, 1.54) is 0 Å². The third-order valence-electron chi connectivity index (χ3n) is 4.14. The number of rotatable bonds is 7. The molecule has 0 unspecified atom stereocenters. The predicted octanol–water partition coefficient (Wildman–Crippen LogP) is 3.53. The normalized spacial score (nSPS) is 10.6. The van der Waals surface area contributed by atoms with E-state index in [0.29, 0.717) is 24.6 Å². The second-order valence-corrected chi connectivity index (χ2v) is 6.49. The van der Waals surface area contributed by atoms with Gasteiger partial charge in [-0.2, -0.15) is 0 Å². The number of hydrogen-bond acceptors (Lipinski definition) is 5. The highest BCUT2D eigenvalue weighted by Crippen LogP contribution is 2.13. The van der Waals surface area contributed by atoms with Crippen LogP contribution in [-0.2, 0) is 13.1 Å². The van der Waals surface area contributed by atoms with Gasteiger partial charge >= 0.3 is 0 Å². The average molecular weight is 361 g/mol. The van der Waals surface area contributed by atoms with Crippen LogP contribution >= 0.6 is 0 Å². The van der Waals surface area contributed by atoms with Crippen LogP contribution in [0.2, 0.25) is 0 Å². The lowest BCUT2D eigenvalue weighted by atomic mass is 10.1. The van der Waals surface area contributed by atoms with Crippen molar-refractivity contribution in [3.63, 3.8) is 0 Å². The summed E-state index contributed by atoms with van der Waals surface area (Å²) in [5, 5.41) is 11.4. The van der Waals surface area contributed by atoms with Crippen molar-refractivity contribution in [1.82, 2.24) is 20.1 Å². The van der Waals surface area contributed by atoms with Crippen molar-refractivity contribution in [2.45, 2.75) is 33.0 Å². The molecule has 0 atom stereocenters. The van der Waals surface area contributed by atoms with Gasteiger partial charge in [0.25, 0.3) is 5.91 Å². The van der Waals surface area contributed by atoms with Gasteiger partial charge in [0, 0.05) is 18.8 Å². The molecule has 0 spiro atoms. The van der Waals surface area contributed by atoms with Crippen LogP contribution in [-0.4, -0.2) is 32.0 Å². The van der Waals surface area contributed by atoms with Crippen molar-refractivity contribution < 1.29 is 4.79 Å². The molecule has 1 aromatic carbocycles. The molecule has 27 heavy (non-hydrogen) atoms. The lowest BCUT2D eigenvalue weighted by Gasteiger charge is -2.26. The summed E-state index contributed by atoms with van der Waals surface area (Å²) in [5.41, 5.74) is 2.33. The van der Waals surface area contributed by atoms with Crippen molar-refractivity contribution >= 4 is 11.7 Å². The first-order valence-electron chi connectivity index (χ1n) is 8.96. The number of pyridine rings is 1. The van der Waals surface area contributed by atoms with Crippen LogP contribution in [0.5, 0.6) is 0 Å². The van der Waals surface area contributed by atoms with Crippen LogP contribution < -0.4 is 5.32 Å². The summed E-state index contributed by atoms with van der Waals surface area (Å²) in [6, 6.07) is 19.2. The van der Waals surface area contributed by atoms with Crippen LogP contribution in [0, 0.1) is 0 Å². The molecule has 0 aliphatic carbocycles. The summed E-state index contributed by atoms with van der Waals surface area (Å²) in [7, 11) is 0. The van der Waals surface area contributed by atoms with E-state index >= 15 is 0 Å². The number of aromatic nitrogens is 3. The maximum atomic E-state index is 12.9. The molecule has 0 fully saturated rings. The molecule has 6 heteroatoms. The van der Waals surface area contributed by atoms with Gasteiger partial charge in [-0.1, -0.05) is 36.4 Å². The van der Waals surface area contributed by atoms with E-state index in [1.54, 1.807) is 23.2 Å². The van der Waals surface area contributed by atoms with Crippen molar-refractivity contribution in [1.29, 1.82) is 0 Å². The maximum absolute atomic E-state index is 12.9. The zero-order valence-corrected chi connectivity index (χ0v) is 15.5. The number of carbonyl (C=O) groups is 1. The van der Waals surface area contributed by atoms with Gasteiger partial charge in [0.05, 0.1) is 12.2 Å². The molecule has 1 amide bonds. The summed E-state index contributed by atoms with van der Waals surface area (Å²) in [6.07, 6.45) is 1.75.